The third kappa shape index (κ3) is 2.89. The summed E-state index contributed by atoms with van der Waals surface area (Å²) in [5.41, 5.74) is 0.238. The molecule has 136 valence electrons. The molecule has 0 radical (unpaired) electrons. The van der Waals surface area contributed by atoms with Crippen LogP contribution >= 0.6 is 0 Å². The molecular weight excluding hydrogens is 312 g/mol. The van der Waals surface area contributed by atoms with Crippen molar-refractivity contribution in [2.24, 2.45) is 5.92 Å². The van der Waals surface area contributed by atoms with Gasteiger partial charge in [-0.15, -0.1) is 0 Å². The lowest BCUT2D eigenvalue weighted by molar-refractivity contribution is -0.158. The molecule has 2 aliphatic heterocycles. The fraction of sp³-hybridized carbons (Fsp3) is 0.667. The number of aliphatic hydroxyl groups is 1. The van der Waals surface area contributed by atoms with Crippen LogP contribution in [-0.2, 0) is 10.4 Å². The van der Waals surface area contributed by atoms with Gasteiger partial charge >= 0.3 is 0 Å². The highest BCUT2D eigenvalue weighted by Gasteiger charge is 2.51. The van der Waals surface area contributed by atoms with Crippen LogP contribution in [0.1, 0.15) is 50.5 Å². The Bertz CT molecular complexity index is 620. The summed E-state index contributed by atoms with van der Waals surface area (Å²) >= 11 is 0. The highest BCUT2D eigenvalue weighted by atomic mass is 16.3. The van der Waals surface area contributed by atoms with Gasteiger partial charge in [0.05, 0.1) is 11.6 Å². The van der Waals surface area contributed by atoms with Gasteiger partial charge in [0.2, 0.25) is 5.91 Å². The minimum atomic E-state index is -0.787. The Morgan fingerprint density at radius 3 is 2.56 bits per heavy atom. The minimum absolute atomic E-state index is 0.0468. The number of hydrogen-bond donors (Lipinski definition) is 1. The van der Waals surface area contributed by atoms with Crippen molar-refractivity contribution in [3.05, 3.63) is 35.9 Å². The van der Waals surface area contributed by atoms with Crippen LogP contribution in [0.5, 0.6) is 0 Å². The van der Waals surface area contributed by atoms with Crippen LogP contribution in [0.3, 0.4) is 0 Å². The Morgan fingerprint density at radius 2 is 1.84 bits per heavy atom. The number of carbonyl (C=O) groups excluding carboxylic acids is 1. The molecule has 0 bridgehead atoms. The van der Waals surface area contributed by atoms with Crippen molar-refractivity contribution in [1.82, 2.24) is 9.80 Å². The molecule has 25 heavy (non-hydrogen) atoms. The van der Waals surface area contributed by atoms with Crippen LogP contribution in [0.25, 0.3) is 0 Å². The van der Waals surface area contributed by atoms with Crippen molar-refractivity contribution in [3.63, 3.8) is 0 Å². The summed E-state index contributed by atoms with van der Waals surface area (Å²) in [4.78, 5) is 17.6. The molecule has 1 amide bonds. The van der Waals surface area contributed by atoms with Crippen molar-refractivity contribution >= 4 is 5.91 Å². The van der Waals surface area contributed by atoms with E-state index >= 15 is 0 Å². The fourth-order valence-electron chi connectivity index (χ4n) is 5.46. The molecule has 2 heterocycles. The van der Waals surface area contributed by atoms with Crippen LogP contribution in [0, 0.1) is 5.92 Å². The number of carbonyl (C=O) groups is 1. The first-order valence-electron chi connectivity index (χ1n) is 9.90. The lowest BCUT2D eigenvalue weighted by Gasteiger charge is -2.53. The van der Waals surface area contributed by atoms with Gasteiger partial charge in [-0.3, -0.25) is 9.69 Å². The maximum atomic E-state index is 13.2. The van der Waals surface area contributed by atoms with Gasteiger partial charge in [-0.2, -0.15) is 0 Å². The number of benzene rings is 1. The number of likely N-dealkylation sites (N-methyl/N-ethyl adjacent to an activating group) is 1. The Morgan fingerprint density at radius 1 is 1.08 bits per heavy atom. The summed E-state index contributed by atoms with van der Waals surface area (Å²) < 4.78 is 0. The van der Waals surface area contributed by atoms with Gasteiger partial charge in [-0.25, -0.2) is 0 Å². The predicted octanol–water partition coefficient (Wildman–Crippen LogP) is 2.76. The highest BCUT2D eigenvalue weighted by Crippen LogP contribution is 2.47. The van der Waals surface area contributed by atoms with E-state index in [2.05, 4.69) is 16.8 Å². The Hall–Kier alpha value is -1.39. The van der Waals surface area contributed by atoms with E-state index in [0.717, 1.165) is 50.6 Å². The molecule has 4 nitrogen and oxygen atoms in total. The number of fused-ring (bicyclic) bond motifs is 1. The van der Waals surface area contributed by atoms with E-state index in [1.807, 2.05) is 30.3 Å². The molecule has 4 rings (SSSR count). The van der Waals surface area contributed by atoms with Crippen LogP contribution < -0.4 is 0 Å². The van der Waals surface area contributed by atoms with Crippen LogP contribution in [0.2, 0.25) is 0 Å². The fourth-order valence-corrected chi connectivity index (χ4v) is 5.46. The first-order valence-corrected chi connectivity index (χ1v) is 9.90. The first-order chi connectivity index (χ1) is 12.1. The quantitative estimate of drug-likeness (QED) is 0.899. The van der Waals surface area contributed by atoms with E-state index in [9.17, 15) is 9.90 Å². The normalized spacial score (nSPS) is 36.2. The monoisotopic (exact) mass is 342 g/mol. The van der Waals surface area contributed by atoms with E-state index in [1.54, 1.807) is 0 Å². The van der Waals surface area contributed by atoms with Gasteiger partial charge in [0.25, 0.3) is 0 Å². The topological polar surface area (TPSA) is 43.8 Å². The van der Waals surface area contributed by atoms with Gasteiger partial charge in [-0.05, 0) is 51.3 Å². The largest absolute Gasteiger partial charge is 0.385 e. The van der Waals surface area contributed by atoms with E-state index in [-0.39, 0.29) is 18.0 Å². The van der Waals surface area contributed by atoms with Gasteiger partial charge in [0.15, 0.2) is 0 Å². The summed E-state index contributed by atoms with van der Waals surface area (Å²) in [6, 6.07) is 10.4. The van der Waals surface area contributed by atoms with Gasteiger partial charge in [0, 0.05) is 18.5 Å². The van der Waals surface area contributed by atoms with Gasteiger partial charge < -0.3 is 10.0 Å². The number of hydrogen-bond acceptors (Lipinski definition) is 3. The Labute approximate surface area is 150 Å². The molecule has 1 unspecified atom stereocenters. The third-order valence-corrected chi connectivity index (χ3v) is 6.84. The summed E-state index contributed by atoms with van der Waals surface area (Å²) in [7, 11) is 2.07. The van der Waals surface area contributed by atoms with E-state index in [0.29, 0.717) is 18.9 Å². The average molecular weight is 342 g/mol. The van der Waals surface area contributed by atoms with Crippen LogP contribution in [0.15, 0.2) is 30.3 Å². The smallest absolute Gasteiger partial charge is 0.240 e. The second-order valence-electron chi connectivity index (χ2n) is 8.17. The van der Waals surface area contributed by atoms with E-state index in [4.69, 9.17) is 0 Å². The molecule has 0 spiro atoms. The molecule has 4 atom stereocenters. The summed E-state index contributed by atoms with van der Waals surface area (Å²) in [6.07, 6.45) is 7.11. The SMILES string of the molecule is CN1CCC[C@H]1C(=O)N1CC[C@@](O)(c2ccccc2)[C@@H]2CCCCC21. The molecule has 1 saturated carbocycles. The zero-order valence-electron chi connectivity index (χ0n) is 15.2. The van der Waals surface area contributed by atoms with Crippen LogP contribution in [-0.4, -0.2) is 53.0 Å². The number of nitrogens with zero attached hydrogens (tertiary/aromatic N) is 2. The lowest BCUT2D eigenvalue weighted by atomic mass is 9.66. The predicted molar refractivity (Wildman–Crippen MR) is 98.1 cm³/mol. The standard InChI is InChI=1S/C21H30N2O2/c1-22-14-7-12-19(22)20(24)23-15-13-21(25,16-8-3-2-4-9-16)17-10-5-6-11-18(17)23/h2-4,8-9,17-19,25H,5-7,10-15H2,1H3/t17-,18?,19+,21-/m1/s1. The number of rotatable bonds is 2. The third-order valence-electron chi connectivity index (χ3n) is 6.84. The molecular formula is C21H30N2O2. The molecule has 1 aromatic rings. The van der Waals surface area contributed by atoms with Crippen molar-refractivity contribution in [2.45, 2.75) is 62.6 Å². The molecule has 1 aromatic carbocycles. The van der Waals surface area contributed by atoms with Crippen molar-refractivity contribution in [3.8, 4) is 0 Å². The van der Waals surface area contributed by atoms with Crippen molar-refractivity contribution < 1.29 is 9.90 Å². The molecule has 4 heteroatoms. The molecule has 2 saturated heterocycles. The number of piperidine rings is 1. The number of likely N-dealkylation sites (tertiary alicyclic amines) is 2. The first kappa shape index (κ1) is 17.0. The van der Waals surface area contributed by atoms with Crippen molar-refractivity contribution in [2.75, 3.05) is 20.1 Å². The molecule has 1 N–H and O–H groups in total. The average Bonchev–Trinajstić information content (AvgIpc) is 3.08. The number of amides is 1. The van der Waals surface area contributed by atoms with E-state index in [1.165, 1.54) is 0 Å². The van der Waals surface area contributed by atoms with E-state index < -0.39 is 5.60 Å². The minimum Gasteiger partial charge on any atom is -0.385 e. The Balaban J connectivity index is 1.61. The summed E-state index contributed by atoms with van der Waals surface area (Å²) in [5.74, 6) is 0.458. The van der Waals surface area contributed by atoms with Crippen molar-refractivity contribution in [1.29, 1.82) is 0 Å². The Kier molecular flexibility index (Phi) is 4.59. The molecule has 3 fully saturated rings. The second kappa shape index (κ2) is 6.73. The summed E-state index contributed by atoms with van der Waals surface area (Å²) in [6.45, 7) is 1.70. The molecule has 0 aromatic heterocycles. The van der Waals surface area contributed by atoms with Gasteiger partial charge in [0.1, 0.15) is 0 Å². The maximum absolute atomic E-state index is 13.2. The molecule has 3 aliphatic rings. The molecule has 1 aliphatic carbocycles. The van der Waals surface area contributed by atoms with Crippen LogP contribution in [0.4, 0.5) is 0 Å². The maximum Gasteiger partial charge on any atom is 0.240 e. The summed E-state index contributed by atoms with van der Waals surface area (Å²) in [5, 5.41) is 11.6. The second-order valence-corrected chi connectivity index (χ2v) is 8.17. The zero-order chi connectivity index (χ0) is 17.4. The highest BCUT2D eigenvalue weighted by molar-refractivity contribution is 5.82. The van der Waals surface area contributed by atoms with Gasteiger partial charge in [-0.1, -0.05) is 43.2 Å². The zero-order valence-corrected chi connectivity index (χ0v) is 15.2. The lowest BCUT2D eigenvalue weighted by Crippen LogP contribution is -2.61.